The van der Waals surface area contributed by atoms with Crippen molar-refractivity contribution in [3.8, 4) is 17.2 Å². The van der Waals surface area contributed by atoms with Gasteiger partial charge in [-0.25, -0.2) is 0 Å². The number of carbonyl (C=O) groups excluding carboxylic acids is 1. The van der Waals surface area contributed by atoms with Crippen molar-refractivity contribution in [2.24, 2.45) is 0 Å². The second-order valence-corrected chi connectivity index (χ2v) is 7.95. The molecular weight excluding hydrogens is 364 g/mol. The normalized spacial score (nSPS) is 17.3. The number of hydrogen-bond acceptors (Lipinski definition) is 4. The molecule has 5 nitrogen and oxygen atoms in total. The lowest BCUT2D eigenvalue weighted by molar-refractivity contribution is 0.0724. The lowest BCUT2D eigenvalue weighted by atomic mass is 10.1. The van der Waals surface area contributed by atoms with Crippen molar-refractivity contribution in [1.29, 1.82) is 0 Å². The number of hydrogen-bond donors (Lipinski definition) is 0. The van der Waals surface area contributed by atoms with Crippen LogP contribution in [0.3, 0.4) is 0 Å². The molecule has 2 aliphatic heterocycles. The quantitative estimate of drug-likeness (QED) is 0.712. The van der Waals surface area contributed by atoms with Gasteiger partial charge in [-0.3, -0.25) is 9.69 Å². The van der Waals surface area contributed by atoms with Gasteiger partial charge in [-0.2, -0.15) is 0 Å². The summed E-state index contributed by atoms with van der Waals surface area (Å²) in [6.07, 6.45) is 5.97. The molecule has 2 aromatic rings. The highest BCUT2D eigenvalue weighted by Crippen LogP contribution is 2.33. The first-order valence-electron chi connectivity index (χ1n) is 10.7. The van der Waals surface area contributed by atoms with Gasteiger partial charge in [0.25, 0.3) is 5.91 Å². The number of ether oxygens (including phenoxy) is 2. The monoisotopic (exact) mass is 394 g/mol. The summed E-state index contributed by atoms with van der Waals surface area (Å²) in [5.41, 5.74) is 1.94. The van der Waals surface area contributed by atoms with Crippen LogP contribution in [0.2, 0.25) is 0 Å². The van der Waals surface area contributed by atoms with Crippen molar-refractivity contribution in [2.75, 3.05) is 33.3 Å². The Labute approximate surface area is 173 Å². The summed E-state index contributed by atoms with van der Waals surface area (Å²) in [5, 5.41) is 0. The Bertz CT molecular complexity index is 823. The first-order valence-corrected chi connectivity index (χ1v) is 10.7. The number of piperidine rings is 1. The van der Waals surface area contributed by atoms with Gasteiger partial charge >= 0.3 is 0 Å². The molecule has 2 aliphatic rings. The van der Waals surface area contributed by atoms with Gasteiger partial charge in [-0.15, -0.1) is 0 Å². The first-order chi connectivity index (χ1) is 14.2. The topological polar surface area (TPSA) is 42.0 Å². The molecule has 4 rings (SSSR count). The second kappa shape index (κ2) is 9.31. The van der Waals surface area contributed by atoms with Gasteiger partial charge in [0.05, 0.1) is 7.11 Å². The molecule has 2 heterocycles. The predicted molar refractivity (Wildman–Crippen MR) is 114 cm³/mol. The van der Waals surface area contributed by atoms with Crippen molar-refractivity contribution in [2.45, 2.75) is 38.6 Å². The van der Waals surface area contributed by atoms with Crippen LogP contribution in [0.15, 0.2) is 42.5 Å². The number of methoxy groups -OCH3 is 1. The summed E-state index contributed by atoms with van der Waals surface area (Å²) in [4.78, 5) is 17.1. The number of carbonyl (C=O) groups is 1. The van der Waals surface area contributed by atoms with Gasteiger partial charge in [0.2, 0.25) is 0 Å². The standard InChI is InChI=1S/C24H30N2O3/c1-28-22-12-7-19(18-25-13-5-6-14-25)17-23(22)29-21-10-8-20(9-11-21)24(27)26-15-3-2-4-16-26/h7-12,17H,2-6,13-16,18H2,1H3. The Morgan fingerprint density at radius 2 is 1.55 bits per heavy atom. The molecule has 0 aromatic heterocycles. The molecule has 2 aromatic carbocycles. The molecule has 0 bridgehead atoms. The van der Waals surface area contributed by atoms with Crippen LogP contribution >= 0.6 is 0 Å². The van der Waals surface area contributed by atoms with Crippen molar-refractivity contribution >= 4 is 5.91 Å². The molecular formula is C24H30N2O3. The summed E-state index contributed by atoms with van der Waals surface area (Å²) in [5.74, 6) is 2.24. The summed E-state index contributed by atoms with van der Waals surface area (Å²) in [7, 11) is 1.66. The van der Waals surface area contributed by atoms with Crippen LogP contribution in [0.5, 0.6) is 17.2 Å². The second-order valence-electron chi connectivity index (χ2n) is 7.95. The maximum absolute atomic E-state index is 12.6. The molecule has 0 atom stereocenters. The fourth-order valence-electron chi connectivity index (χ4n) is 4.17. The van der Waals surface area contributed by atoms with Gasteiger partial charge in [0, 0.05) is 25.2 Å². The molecule has 154 valence electrons. The zero-order chi connectivity index (χ0) is 20.1. The largest absolute Gasteiger partial charge is 0.493 e. The molecule has 2 saturated heterocycles. The van der Waals surface area contributed by atoms with Crippen LogP contribution in [0, 0.1) is 0 Å². The zero-order valence-corrected chi connectivity index (χ0v) is 17.2. The lowest BCUT2D eigenvalue weighted by Gasteiger charge is -2.26. The number of nitrogens with zero attached hydrogens (tertiary/aromatic N) is 2. The van der Waals surface area contributed by atoms with Crippen molar-refractivity contribution in [1.82, 2.24) is 9.80 Å². The Morgan fingerprint density at radius 3 is 2.24 bits per heavy atom. The van der Waals surface area contributed by atoms with E-state index in [9.17, 15) is 4.79 Å². The van der Waals surface area contributed by atoms with Crippen LogP contribution < -0.4 is 9.47 Å². The van der Waals surface area contributed by atoms with Gasteiger partial charge in [0.1, 0.15) is 5.75 Å². The molecule has 0 unspecified atom stereocenters. The van der Waals surface area contributed by atoms with E-state index in [1.165, 1.54) is 24.8 Å². The van der Waals surface area contributed by atoms with E-state index < -0.39 is 0 Å². The Morgan fingerprint density at radius 1 is 0.862 bits per heavy atom. The van der Waals surface area contributed by atoms with Gasteiger partial charge < -0.3 is 14.4 Å². The van der Waals surface area contributed by atoms with Crippen LogP contribution in [-0.2, 0) is 6.54 Å². The number of amides is 1. The van der Waals surface area contributed by atoms with E-state index in [0.29, 0.717) is 22.8 Å². The number of rotatable bonds is 6. The fraction of sp³-hybridized carbons (Fsp3) is 0.458. The fourth-order valence-corrected chi connectivity index (χ4v) is 4.17. The summed E-state index contributed by atoms with van der Waals surface area (Å²) in [6, 6.07) is 13.6. The molecule has 0 saturated carbocycles. The van der Waals surface area contributed by atoms with Gasteiger partial charge in [-0.1, -0.05) is 6.07 Å². The van der Waals surface area contributed by atoms with E-state index in [1.54, 1.807) is 7.11 Å². The van der Waals surface area contributed by atoms with Crippen molar-refractivity contribution < 1.29 is 14.3 Å². The summed E-state index contributed by atoms with van der Waals surface area (Å²) in [6.45, 7) is 4.98. The molecule has 5 heteroatoms. The molecule has 0 N–H and O–H groups in total. The highest BCUT2D eigenvalue weighted by Gasteiger charge is 2.18. The van der Waals surface area contributed by atoms with Crippen LogP contribution in [0.4, 0.5) is 0 Å². The minimum Gasteiger partial charge on any atom is -0.493 e. The molecule has 2 fully saturated rings. The van der Waals surface area contributed by atoms with Gasteiger partial charge in [0.15, 0.2) is 11.5 Å². The minimum atomic E-state index is 0.112. The highest BCUT2D eigenvalue weighted by atomic mass is 16.5. The first kappa shape index (κ1) is 19.8. The Hall–Kier alpha value is -2.53. The average Bonchev–Trinajstić information content (AvgIpc) is 3.28. The van der Waals surface area contributed by atoms with Crippen molar-refractivity contribution in [3.63, 3.8) is 0 Å². The van der Waals surface area contributed by atoms with Crippen LogP contribution in [0.25, 0.3) is 0 Å². The number of benzene rings is 2. The molecule has 1 amide bonds. The predicted octanol–water partition coefficient (Wildman–Crippen LogP) is 4.71. The van der Waals surface area contributed by atoms with Crippen LogP contribution in [-0.4, -0.2) is 49.0 Å². The molecule has 0 spiro atoms. The lowest BCUT2D eigenvalue weighted by Crippen LogP contribution is -2.35. The van der Waals surface area contributed by atoms with E-state index >= 15 is 0 Å². The number of likely N-dealkylation sites (tertiary alicyclic amines) is 2. The van der Waals surface area contributed by atoms with E-state index in [2.05, 4.69) is 17.0 Å². The third-order valence-corrected chi connectivity index (χ3v) is 5.81. The zero-order valence-electron chi connectivity index (χ0n) is 17.2. The van der Waals surface area contributed by atoms with Crippen molar-refractivity contribution in [3.05, 3.63) is 53.6 Å². The maximum atomic E-state index is 12.6. The molecule has 0 radical (unpaired) electrons. The summed E-state index contributed by atoms with van der Waals surface area (Å²) < 4.78 is 11.6. The minimum absolute atomic E-state index is 0.112. The van der Waals surface area contributed by atoms with E-state index in [0.717, 1.165) is 45.6 Å². The van der Waals surface area contributed by atoms with E-state index in [-0.39, 0.29) is 5.91 Å². The Balaban J connectivity index is 1.45. The van der Waals surface area contributed by atoms with E-state index in [1.807, 2.05) is 35.2 Å². The average molecular weight is 395 g/mol. The maximum Gasteiger partial charge on any atom is 0.253 e. The van der Waals surface area contributed by atoms with Gasteiger partial charge in [-0.05, 0) is 87.2 Å². The third kappa shape index (κ3) is 4.91. The SMILES string of the molecule is COc1ccc(CN2CCCC2)cc1Oc1ccc(C(=O)N2CCCCC2)cc1. The molecule has 0 aliphatic carbocycles. The summed E-state index contributed by atoms with van der Waals surface area (Å²) >= 11 is 0. The third-order valence-electron chi connectivity index (χ3n) is 5.81. The Kier molecular flexibility index (Phi) is 6.35. The van der Waals surface area contributed by atoms with E-state index in [4.69, 9.17) is 9.47 Å². The molecule has 29 heavy (non-hydrogen) atoms. The highest BCUT2D eigenvalue weighted by molar-refractivity contribution is 5.94. The van der Waals surface area contributed by atoms with Crippen LogP contribution in [0.1, 0.15) is 48.0 Å². The smallest absolute Gasteiger partial charge is 0.253 e.